The molecule has 0 unspecified atom stereocenters. The number of carbonyl (C=O) groups is 1. The fourth-order valence-corrected chi connectivity index (χ4v) is 3.66. The molecule has 0 aromatic heterocycles. The fraction of sp³-hybridized carbons (Fsp3) is 0.591. The van der Waals surface area contributed by atoms with Crippen LogP contribution in [-0.4, -0.2) is 25.1 Å². The second-order valence-corrected chi connectivity index (χ2v) is 8.30. The summed E-state index contributed by atoms with van der Waals surface area (Å²) in [6.45, 7) is 13.1. The van der Waals surface area contributed by atoms with Gasteiger partial charge in [0.1, 0.15) is 11.4 Å². The molecular weight excluding hydrogens is 324 g/mol. The monoisotopic (exact) mass is 358 g/mol. The molecule has 2 atom stereocenters. The fourth-order valence-electron chi connectivity index (χ4n) is 3.66. The number of allylic oxidation sites excluding steroid dienone is 1. The topological polar surface area (TPSA) is 41.6 Å². The summed E-state index contributed by atoms with van der Waals surface area (Å²) in [7, 11) is 1.67. The average Bonchev–Trinajstić information content (AvgIpc) is 2.57. The second kappa shape index (κ2) is 8.61. The number of piperazine rings is 1. The smallest absolute Gasteiger partial charge is 0.267 e. The van der Waals surface area contributed by atoms with Gasteiger partial charge in [-0.1, -0.05) is 47.6 Å². The molecule has 0 aliphatic carbocycles. The maximum atomic E-state index is 12.9. The molecule has 1 heterocycles. The Morgan fingerprint density at radius 3 is 2.19 bits per heavy atom. The van der Waals surface area contributed by atoms with Crippen LogP contribution in [0.4, 0.5) is 5.69 Å². The number of hydrogen-bond acceptors (Lipinski definition) is 3. The maximum absolute atomic E-state index is 12.9. The zero-order valence-electron chi connectivity index (χ0n) is 17.2. The van der Waals surface area contributed by atoms with Gasteiger partial charge in [-0.25, -0.2) is 0 Å². The number of nitrogens with one attached hydrogen (secondary N) is 1. The van der Waals surface area contributed by atoms with Crippen molar-refractivity contribution in [2.24, 2.45) is 17.8 Å². The number of rotatable bonds is 6. The highest BCUT2D eigenvalue weighted by atomic mass is 16.5. The third-order valence-electron chi connectivity index (χ3n) is 4.81. The lowest BCUT2D eigenvalue weighted by Gasteiger charge is -2.46. The van der Waals surface area contributed by atoms with Gasteiger partial charge in [0.15, 0.2) is 0 Å². The van der Waals surface area contributed by atoms with Crippen molar-refractivity contribution in [3.05, 3.63) is 36.0 Å². The van der Waals surface area contributed by atoms with Crippen molar-refractivity contribution in [1.29, 1.82) is 0 Å². The summed E-state index contributed by atoms with van der Waals surface area (Å²) < 4.78 is 5.31. The van der Waals surface area contributed by atoms with Gasteiger partial charge in [0.25, 0.3) is 5.91 Å². The van der Waals surface area contributed by atoms with E-state index in [1.165, 1.54) is 0 Å². The van der Waals surface area contributed by atoms with Gasteiger partial charge in [-0.15, -0.1) is 0 Å². The van der Waals surface area contributed by atoms with Crippen molar-refractivity contribution in [1.82, 2.24) is 5.32 Å². The first-order chi connectivity index (χ1) is 12.2. The first-order valence-electron chi connectivity index (χ1n) is 9.70. The van der Waals surface area contributed by atoms with Crippen LogP contribution in [0.2, 0.25) is 0 Å². The van der Waals surface area contributed by atoms with Crippen LogP contribution in [-0.2, 0) is 4.79 Å². The van der Waals surface area contributed by atoms with Crippen molar-refractivity contribution >= 4 is 11.6 Å². The minimum atomic E-state index is 0.0215. The average molecular weight is 359 g/mol. The minimum absolute atomic E-state index is 0.0215. The van der Waals surface area contributed by atoms with Crippen molar-refractivity contribution < 1.29 is 9.53 Å². The quantitative estimate of drug-likeness (QED) is 0.755. The van der Waals surface area contributed by atoms with E-state index in [-0.39, 0.29) is 18.0 Å². The molecule has 0 radical (unpaired) electrons. The molecule has 26 heavy (non-hydrogen) atoms. The summed E-state index contributed by atoms with van der Waals surface area (Å²) >= 11 is 0. The van der Waals surface area contributed by atoms with Crippen LogP contribution in [0.15, 0.2) is 36.0 Å². The number of carbonyl (C=O) groups excluding carboxylic acids is 1. The predicted octanol–water partition coefficient (Wildman–Crippen LogP) is 4.61. The molecule has 1 aromatic carbocycles. The summed E-state index contributed by atoms with van der Waals surface area (Å²) in [5, 5.41) is 3.28. The lowest BCUT2D eigenvalue weighted by molar-refractivity contribution is -0.120. The number of amides is 1. The molecule has 1 N–H and O–H groups in total. The Labute approximate surface area is 158 Å². The van der Waals surface area contributed by atoms with E-state index in [0.29, 0.717) is 17.8 Å². The summed E-state index contributed by atoms with van der Waals surface area (Å²) in [4.78, 5) is 15.2. The first-order valence-corrected chi connectivity index (χ1v) is 9.70. The van der Waals surface area contributed by atoms with Gasteiger partial charge >= 0.3 is 0 Å². The Hall–Kier alpha value is -1.97. The number of methoxy groups -OCH3 is 1. The summed E-state index contributed by atoms with van der Waals surface area (Å²) in [5.74, 6) is 2.05. The van der Waals surface area contributed by atoms with Crippen molar-refractivity contribution in [2.75, 3.05) is 12.0 Å². The lowest BCUT2D eigenvalue weighted by atomic mass is 9.86. The van der Waals surface area contributed by atoms with Crippen LogP contribution in [0.5, 0.6) is 5.75 Å². The van der Waals surface area contributed by atoms with Gasteiger partial charge in [-0.05, 0) is 48.4 Å². The number of hydrogen-bond donors (Lipinski definition) is 1. The van der Waals surface area contributed by atoms with Gasteiger partial charge < -0.3 is 15.0 Å². The van der Waals surface area contributed by atoms with Gasteiger partial charge in [0, 0.05) is 5.69 Å². The van der Waals surface area contributed by atoms with E-state index >= 15 is 0 Å². The minimum Gasteiger partial charge on any atom is -0.497 e. The van der Waals surface area contributed by atoms with Crippen LogP contribution >= 0.6 is 0 Å². The molecule has 0 spiro atoms. The number of benzene rings is 1. The van der Waals surface area contributed by atoms with Crippen molar-refractivity contribution in [2.45, 2.75) is 60.0 Å². The Morgan fingerprint density at radius 2 is 1.73 bits per heavy atom. The molecule has 4 nitrogen and oxygen atoms in total. The van der Waals surface area contributed by atoms with Gasteiger partial charge in [0.2, 0.25) is 0 Å². The molecule has 144 valence electrons. The molecule has 2 rings (SSSR count). The first kappa shape index (κ1) is 20.3. The summed E-state index contributed by atoms with van der Waals surface area (Å²) in [6.07, 6.45) is 3.09. The standard InChI is InChI=1S/C22H34N2O2/c1-14(2)12-19-21(16(5)6)23-22(25)20(13-15(3)4)24(19)17-8-10-18(26-7)11-9-17/h8-11,13-16,19,21H,12H2,1-7H3,(H,23,25)/b20-13-/t19-,21+/m1/s1. The van der Waals surface area contributed by atoms with E-state index in [9.17, 15) is 4.79 Å². The Kier molecular flexibility index (Phi) is 6.74. The Morgan fingerprint density at radius 1 is 1.12 bits per heavy atom. The molecular formula is C22H34N2O2. The van der Waals surface area contributed by atoms with Crippen LogP contribution in [0, 0.1) is 17.8 Å². The van der Waals surface area contributed by atoms with Crippen LogP contribution in [0.3, 0.4) is 0 Å². The highest BCUT2D eigenvalue weighted by molar-refractivity contribution is 5.99. The van der Waals surface area contributed by atoms with E-state index in [0.717, 1.165) is 23.6 Å². The Balaban J connectivity index is 2.56. The van der Waals surface area contributed by atoms with Crippen molar-refractivity contribution in [3.63, 3.8) is 0 Å². The number of nitrogens with zero attached hydrogens (tertiary/aromatic N) is 1. The highest BCUT2D eigenvalue weighted by Crippen LogP contribution is 2.34. The van der Waals surface area contributed by atoms with Gasteiger partial charge in [0.05, 0.1) is 19.2 Å². The molecule has 1 saturated heterocycles. The second-order valence-electron chi connectivity index (χ2n) is 8.30. The molecule has 1 aromatic rings. The van der Waals surface area contributed by atoms with E-state index in [1.54, 1.807) is 7.11 Å². The molecule has 1 fully saturated rings. The predicted molar refractivity (Wildman–Crippen MR) is 108 cm³/mol. The SMILES string of the molecule is COc1ccc(N2/C(=C\C(C)C)C(=O)N[C@@H](C(C)C)[C@H]2CC(C)C)cc1. The number of ether oxygens (including phenoxy) is 1. The molecule has 0 bridgehead atoms. The van der Waals surface area contributed by atoms with Crippen LogP contribution < -0.4 is 15.0 Å². The molecule has 4 heteroatoms. The molecule has 1 amide bonds. The summed E-state index contributed by atoms with van der Waals surface area (Å²) in [5.41, 5.74) is 1.80. The van der Waals surface area contributed by atoms with Crippen LogP contribution in [0.1, 0.15) is 48.0 Å². The normalized spacial score (nSPS) is 22.5. The third kappa shape index (κ3) is 4.60. The van der Waals surface area contributed by atoms with E-state index in [2.05, 4.69) is 70.0 Å². The van der Waals surface area contributed by atoms with Crippen LogP contribution in [0.25, 0.3) is 0 Å². The lowest BCUT2D eigenvalue weighted by Crippen LogP contribution is -2.61. The number of anilines is 1. The van der Waals surface area contributed by atoms with E-state index in [4.69, 9.17) is 4.74 Å². The highest BCUT2D eigenvalue weighted by Gasteiger charge is 2.40. The maximum Gasteiger partial charge on any atom is 0.267 e. The molecule has 1 aliphatic rings. The third-order valence-corrected chi connectivity index (χ3v) is 4.81. The van der Waals surface area contributed by atoms with E-state index in [1.807, 2.05) is 12.1 Å². The van der Waals surface area contributed by atoms with E-state index < -0.39 is 0 Å². The van der Waals surface area contributed by atoms with Gasteiger partial charge in [-0.2, -0.15) is 0 Å². The molecule has 1 aliphatic heterocycles. The molecule has 0 saturated carbocycles. The van der Waals surface area contributed by atoms with Gasteiger partial charge in [-0.3, -0.25) is 4.79 Å². The zero-order chi connectivity index (χ0) is 19.4. The largest absolute Gasteiger partial charge is 0.497 e. The Bertz CT molecular complexity index is 632. The van der Waals surface area contributed by atoms with Crippen molar-refractivity contribution in [3.8, 4) is 5.75 Å². The zero-order valence-corrected chi connectivity index (χ0v) is 17.2. The summed E-state index contributed by atoms with van der Waals surface area (Å²) in [6, 6.07) is 8.38.